The average Bonchev–Trinajstić information content (AvgIpc) is 3.36. The van der Waals surface area contributed by atoms with E-state index < -0.39 is 6.03 Å². The molecule has 0 bridgehead atoms. The number of nitrogens with one attached hydrogen (secondary N) is 2. The largest absolute Gasteiger partial charge is 0.467 e. The molecule has 1 unspecified atom stereocenters. The van der Waals surface area contributed by atoms with E-state index in [1.165, 1.54) is 11.1 Å². The van der Waals surface area contributed by atoms with Crippen molar-refractivity contribution in [1.82, 2.24) is 15.5 Å². The van der Waals surface area contributed by atoms with Crippen LogP contribution >= 0.6 is 11.3 Å². The zero-order valence-corrected chi connectivity index (χ0v) is 15.3. The smallest absolute Gasteiger partial charge is 0.321 e. The van der Waals surface area contributed by atoms with Gasteiger partial charge in [0, 0.05) is 24.6 Å². The zero-order valence-electron chi connectivity index (χ0n) is 14.5. The SMILES string of the molecule is O=C(CN(Cc1cccs1)CC1CCCO1)NC(=O)NCc1ccco1. The third kappa shape index (κ3) is 5.98. The summed E-state index contributed by atoms with van der Waals surface area (Å²) in [7, 11) is 0. The Labute approximate surface area is 156 Å². The maximum atomic E-state index is 12.3. The van der Waals surface area contributed by atoms with Crippen molar-refractivity contribution >= 4 is 23.3 Å². The Balaban J connectivity index is 1.47. The van der Waals surface area contributed by atoms with Crippen molar-refractivity contribution in [2.75, 3.05) is 19.7 Å². The number of urea groups is 1. The Morgan fingerprint density at radius 2 is 2.23 bits per heavy atom. The molecule has 2 N–H and O–H groups in total. The van der Waals surface area contributed by atoms with Crippen molar-refractivity contribution in [3.8, 4) is 0 Å². The molecule has 0 aliphatic carbocycles. The predicted octanol–water partition coefficient (Wildman–Crippen LogP) is 2.35. The fourth-order valence-electron chi connectivity index (χ4n) is 2.88. The number of ether oxygens (including phenoxy) is 1. The van der Waals surface area contributed by atoms with Crippen LogP contribution in [-0.4, -0.2) is 42.6 Å². The third-order valence-electron chi connectivity index (χ3n) is 4.07. The quantitative estimate of drug-likeness (QED) is 0.738. The fourth-order valence-corrected chi connectivity index (χ4v) is 3.62. The Morgan fingerprint density at radius 1 is 1.31 bits per heavy atom. The number of rotatable bonds is 8. The van der Waals surface area contributed by atoms with E-state index in [1.807, 2.05) is 22.4 Å². The lowest BCUT2D eigenvalue weighted by Crippen LogP contribution is -2.45. The first kappa shape index (κ1) is 18.6. The Morgan fingerprint density at radius 3 is 2.92 bits per heavy atom. The number of nitrogens with zero attached hydrogens (tertiary/aromatic N) is 1. The average molecular weight is 377 g/mol. The lowest BCUT2D eigenvalue weighted by atomic mass is 10.2. The molecule has 1 saturated heterocycles. The molecule has 26 heavy (non-hydrogen) atoms. The summed E-state index contributed by atoms with van der Waals surface area (Å²) in [6, 6.07) is 7.01. The maximum Gasteiger partial charge on any atom is 0.321 e. The van der Waals surface area contributed by atoms with Crippen LogP contribution in [0.2, 0.25) is 0 Å². The van der Waals surface area contributed by atoms with Gasteiger partial charge in [0.05, 0.1) is 25.5 Å². The highest BCUT2D eigenvalue weighted by Crippen LogP contribution is 2.17. The van der Waals surface area contributed by atoms with Crippen LogP contribution in [0.3, 0.4) is 0 Å². The molecule has 0 aromatic carbocycles. The van der Waals surface area contributed by atoms with Crippen LogP contribution < -0.4 is 10.6 Å². The molecule has 1 aliphatic heterocycles. The van der Waals surface area contributed by atoms with Gasteiger partial charge >= 0.3 is 6.03 Å². The van der Waals surface area contributed by atoms with Crippen LogP contribution in [0.1, 0.15) is 23.5 Å². The van der Waals surface area contributed by atoms with Gasteiger partial charge < -0.3 is 14.5 Å². The lowest BCUT2D eigenvalue weighted by molar-refractivity contribution is -0.121. The number of carbonyl (C=O) groups is 2. The lowest BCUT2D eigenvalue weighted by Gasteiger charge is -2.24. The van der Waals surface area contributed by atoms with Gasteiger partial charge in [0.15, 0.2) is 0 Å². The zero-order chi connectivity index (χ0) is 18.2. The second-order valence-electron chi connectivity index (χ2n) is 6.19. The number of hydrogen-bond donors (Lipinski definition) is 2. The van der Waals surface area contributed by atoms with Crippen molar-refractivity contribution < 1.29 is 18.7 Å². The summed E-state index contributed by atoms with van der Waals surface area (Å²) in [6.45, 7) is 2.50. The van der Waals surface area contributed by atoms with Crippen molar-refractivity contribution in [3.05, 3.63) is 46.5 Å². The van der Waals surface area contributed by atoms with Gasteiger partial charge in [-0.3, -0.25) is 15.0 Å². The summed E-state index contributed by atoms with van der Waals surface area (Å²) < 4.78 is 10.8. The molecule has 8 heteroatoms. The molecule has 1 aliphatic rings. The molecule has 7 nitrogen and oxygen atoms in total. The highest BCUT2D eigenvalue weighted by Gasteiger charge is 2.22. The normalized spacial score (nSPS) is 16.7. The van der Waals surface area contributed by atoms with Gasteiger partial charge in [-0.1, -0.05) is 6.07 Å². The van der Waals surface area contributed by atoms with E-state index in [0.717, 1.165) is 19.4 Å². The summed E-state index contributed by atoms with van der Waals surface area (Å²) >= 11 is 1.65. The van der Waals surface area contributed by atoms with Crippen molar-refractivity contribution in [3.63, 3.8) is 0 Å². The molecule has 2 aromatic heterocycles. The number of imide groups is 1. The molecule has 140 valence electrons. The van der Waals surface area contributed by atoms with Crippen molar-refractivity contribution in [2.45, 2.75) is 32.0 Å². The minimum absolute atomic E-state index is 0.145. The molecule has 1 atom stereocenters. The van der Waals surface area contributed by atoms with Gasteiger partial charge in [-0.25, -0.2) is 4.79 Å². The molecule has 0 spiro atoms. The summed E-state index contributed by atoms with van der Waals surface area (Å²) in [5.74, 6) is 0.293. The standard InChI is InChI=1S/C18H23N3O4S/c22-17(20-18(23)19-10-14-4-1-7-24-14)13-21(11-15-5-2-8-25-15)12-16-6-3-9-26-16/h1,3-4,6-7,9,15H,2,5,8,10-13H2,(H2,19,20,22,23). The Kier molecular flexibility index (Phi) is 6.82. The van der Waals surface area contributed by atoms with Gasteiger partial charge in [-0.05, 0) is 36.4 Å². The topological polar surface area (TPSA) is 83.8 Å². The maximum absolute atomic E-state index is 12.3. The number of carbonyl (C=O) groups excluding carboxylic acids is 2. The van der Waals surface area contributed by atoms with E-state index in [0.29, 0.717) is 18.8 Å². The monoisotopic (exact) mass is 377 g/mol. The minimum Gasteiger partial charge on any atom is -0.467 e. The molecule has 0 radical (unpaired) electrons. The molecule has 3 rings (SSSR count). The second kappa shape index (κ2) is 9.51. The number of furan rings is 1. The number of hydrogen-bond acceptors (Lipinski definition) is 6. The molecule has 2 aromatic rings. The fraction of sp³-hybridized carbons (Fsp3) is 0.444. The van der Waals surface area contributed by atoms with E-state index in [1.54, 1.807) is 23.5 Å². The highest BCUT2D eigenvalue weighted by molar-refractivity contribution is 7.09. The molecule has 0 saturated carbocycles. The van der Waals surface area contributed by atoms with Gasteiger partial charge in [0.1, 0.15) is 5.76 Å². The van der Waals surface area contributed by atoms with E-state index in [2.05, 4.69) is 10.6 Å². The third-order valence-corrected chi connectivity index (χ3v) is 4.93. The van der Waals surface area contributed by atoms with Gasteiger partial charge in [-0.15, -0.1) is 11.3 Å². The summed E-state index contributed by atoms with van der Waals surface area (Å²) in [5.41, 5.74) is 0. The van der Waals surface area contributed by atoms with E-state index in [9.17, 15) is 9.59 Å². The van der Waals surface area contributed by atoms with Gasteiger partial charge in [0.25, 0.3) is 0 Å². The molecule has 3 amide bonds. The Bertz CT molecular complexity index is 681. The first-order chi connectivity index (χ1) is 12.7. The van der Waals surface area contributed by atoms with Crippen LogP contribution in [0, 0.1) is 0 Å². The first-order valence-electron chi connectivity index (χ1n) is 8.65. The second-order valence-corrected chi connectivity index (χ2v) is 7.23. The van der Waals surface area contributed by atoms with Crippen LogP contribution in [0.15, 0.2) is 40.3 Å². The number of amides is 3. The van der Waals surface area contributed by atoms with Crippen LogP contribution in [-0.2, 0) is 22.6 Å². The minimum atomic E-state index is -0.528. The summed E-state index contributed by atoms with van der Waals surface area (Å²) in [6.07, 6.45) is 3.74. The Hall–Kier alpha value is -2.16. The van der Waals surface area contributed by atoms with E-state index in [-0.39, 0.29) is 25.1 Å². The van der Waals surface area contributed by atoms with Crippen molar-refractivity contribution in [1.29, 1.82) is 0 Å². The molecular weight excluding hydrogens is 354 g/mol. The van der Waals surface area contributed by atoms with E-state index in [4.69, 9.17) is 9.15 Å². The van der Waals surface area contributed by atoms with Crippen LogP contribution in [0.4, 0.5) is 4.79 Å². The molecule has 3 heterocycles. The van der Waals surface area contributed by atoms with Crippen LogP contribution in [0.5, 0.6) is 0 Å². The molecule has 1 fully saturated rings. The molecular formula is C18H23N3O4S. The number of thiophene rings is 1. The summed E-state index contributed by atoms with van der Waals surface area (Å²) in [5, 5.41) is 6.99. The predicted molar refractivity (Wildman–Crippen MR) is 97.7 cm³/mol. The highest BCUT2D eigenvalue weighted by atomic mass is 32.1. The summed E-state index contributed by atoms with van der Waals surface area (Å²) in [4.78, 5) is 27.3. The van der Waals surface area contributed by atoms with Gasteiger partial charge in [-0.2, -0.15) is 0 Å². The van der Waals surface area contributed by atoms with Crippen LogP contribution in [0.25, 0.3) is 0 Å². The van der Waals surface area contributed by atoms with Crippen molar-refractivity contribution in [2.24, 2.45) is 0 Å². The van der Waals surface area contributed by atoms with Gasteiger partial charge in [0.2, 0.25) is 5.91 Å². The van der Waals surface area contributed by atoms with E-state index >= 15 is 0 Å². The first-order valence-corrected chi connectivity index (χ1v) is 9.53.